The lowest BCUT2D eigenvalue weighted by molar-refractivity contribution is 1.26. The molecule has 0 spiro atoms. The summed E-state index contributed by atoms with van der Waals surface area (Å²) in [6, 6.07) is 5.43. The Morgan fingerprint density at radius 2 is 1.65 bits per heavy atom. The molecule has 0 aliphatic carbocycles. The Morgan fingerprint density at radius 3 is 2.06 bits per heavy atom. The van der Waals surface area contributed by atoms with Crippen molar-refractivity contribution in [2.75, 3.05) is 0 Å². The van der Waals surface area contributed by atoms with E-state index < -0.39 is 0 Å². The Morgan fingerprint density at radius 1 is 1.00 bits per heavy atom. The molecule has 0 N–H and O–H groups in total. The highest BCUT2D eigenvalue weighted by Gasteiger charge is 1.95. The molecule has 0 saturated heterocycles. The molecule has 7 heteroatoms. The Labute approximate surface area is 140 Å². The summed E-state index contributed by atoms with van der Waals surface area (Å²) >= 11 is 19.8. The van der Waals surface area contributed by atoms with Crippen molar-refractivity contribution in [3.8, 4) is 0 Å². The lowest BCUT2D eigenvalue weighted by Gasteiger charge is -1.92. The number of nitrogens with zero attached hydrogens (tertiary/aromatic N) is 2. The van der Waals surface area contributed by atoms with E-state index in [-0.39, 0.29) is 0 Å². The summed E-state index contributed by atoms with van der Waals surface area (Å²) in [6.07, 6.45) is 3.21. The zero-order valence-electron chi connectivity index (χ0n) is 8.17. The first-order valence-electron chi connectivity index (χ1n) is 4.22. The molecule has 0 radical (unpaired) electrons. The molecule has 2 aromatic heterocycles. The molecule has 2 rings (SSSR count). The van der Waals surface area contributed by atoms with Crippen molar-refractivity contribution >= 4 is 77.7 Å². The first-order valence-corrected chi connectivity index (χ1v) is 7.64. The molecular weight excluding hydrogens is 506 g/mol. The van der Waals surface area contributed by atoms with E-state index in [1.165, 1.54) is 0 Å². The van der Waals surface area contributed by atoms with E-state index in [0.29, 0.717) is 10.0 Å². The van der Waals surface area contributed by atoms with Crippen LogP contribution in [-0.4, -0.2) is 9.97 Å². The summed E-state index contributed by atoms with van der Waals surface area (Å²) in [6.45, 7) is 0. The van der Waals surface area contributed by atoms with Crippen molar-refractivity contribution < 1.29 is 0 Å². The average molecular weight is 511 g/mol. The normalized spacial score (nSPS) is 9.47. The fraction of sp³-hybridized carbons (Fsp3) is 0. The first-order chi connectivity index (χ1) is 7.99. The molecule has 0 bridgehead atoms. The second-order valence-corrected chi connectivity index (χ2v) is 6.35. The third kappa shape index (κ3) is 6.33. The van der Waals surface area contributed by atoms with E-state index in [0.717, 1.165) is 12.8 Å². The summed E-state index contributed by atoms with van der Waals surface area (Å²) in [4.78, 5) is 7.78. The van der Waals surface area contributed by atoms with Gasteiger partial charge in [-0.15, -0.1) is 0 Å². The van der Waals surface area contributed by atoms with Crippen LogP contribution in [0.15, 0.2) is 39.8 Å². The molecule has 0 aliphatic rings. The summed E-state index contributed by atoms with van der Waals surface area (Å²) in [7, 11) is 0. The monoisotopic (exact) mass is 508 g/mol. The van der Waals surface area contributed by atoms with Gasteiger partial charge in [-0.2, -0.15) is 0 Å². The van der Waals surface area contributed by atoms with Gasteiger partial charge in [0.1, 0.15) is 9.21 Å². The molecule has 0 aromatic carbocycles. The fourth-order valence-corrected chi connectivity index (χ4v) is 2.39. The molecule has 0 aliphatic heterocycles. The minimum Gasteiger partial charge on any atom is -0.248 e. The smallest absolute Gasteiger partial charge is 0.107 e. The third-order valence-electron chi connectivity index (χ3n) is 1.47. The molecule has 0 fully saturated rings. The predicted octanol–water partition coefficient (Wildman–Crippen LogP) is 5.60. The van der Waals surface area contributed by atoms with Crippen LogP contribution in [0.1, 0.15) is 0 Å². The van der Waals surface area contributed by atoms with Gasteiger partial charge in [0.15, 0.2) is 0 Å². The van der Waals surface area contributed by atoms with Gasteiger partial charge in [0.25, 0.3) is 0 Å². The van der Waals surface area contributed by atoms with Gasteiger partial charge in [-0.25, -0.2) is 9.97 Å². The molecule has 90 valence electrons. The Balaban J connectivity index is 0.000000171. The number of aromatic nitrogens is 2. The van der Waals surface area contributed by atoms with E-state index in [9.17, 15) is 0 Å². The van der Waals surface area contributed by atoms with Gasteiger partial charge in [0.2, 0.25) is 0 Å². The highest BCUT2D eigenvalue weighted by molar-refractivity contribution is 14.1. The zero-order valence-corrected chi connectivity index (χ0v) is 15.0. The summed E-state index contributed by atoms with van der Waals surface area (Å²) in [5.74, 6) is 0. The maximum Gasteiger partial charge on any atom is 0.107 e. The van der Waals surface area contributed by atoms with Crippen molar-refractivity contribution in [1.82, 2.24) is 9.97 Å². The van der Waals surface area contributed by atoms with Crippen LogP contribution >= 0.6 is 77.7 Å². The number of rotatable bonds is 0. The van der Waals surface area contributed by atoms with E-state index in [4.69, 9.17) is 23.2 Å². The molecule has 0 atom stereocenters. The topological polar surface area (TPSA) is 25.8 Å². The maximum atomic E-state index is 5.69. The lowest BCUT2D eigenvalue weighted by atomic mass is 10.5. The van der Waals surface area contributed by atoms with Crippen molar-refractivity contribution in [2.45, 2.75) is 0 Å². The molecule has 2 aromatic rings. The number of hydrogen-bond donors (Lipinski definition) is 0. The Bertz CT molecular complexity index is 473. The Hall–Kier alpha value is 0.570. The molecule has 0 saturated carbocycles. The standard InChI is InChI=1S/C5H2BrClIN.C5H3BrClN/c6-5-1-4(8)3(7)2-9-5;6-5-2-1-4(7)3-8-5/h1-2H;1-3H. The Kier molecular flexibility index (Phi) is 7.25. The summed E-state index contributed by atoms with van der Waals surface area (Å²) in [5, 5.41) is 1.35. The minimum atomic E-state index is 0.660. The number of hydrogen-bond acceptors (Lipinski definition) is 2. The molecule has 0 amide bonds. The minimum absolute atomic E-state index is 0.660. The first kappa shape index (κ1) is 15.6. The van der Waals surface area contributed by atoms with E-state index in [2.05, 4.69) is 64.4 Å². The van der Waals surface area contributed by atoms with Crippen LogP contribution in [0.4, 0.5) is 0 Å². The van der Waals surface area contributed by atoms with Gasteiger partial charge >= 0.3 is 0 Å². The maximum absolute atomic E-state index is 5.69. The zero-order chi connectivity index (χ0) is 12.8. The van der Waals surface area contributed by atoms with Crippen molar-refractivity contribution in [3.63, 3.8) is 0 Å². The fourth-order valence-electron chi connectivity index (χ4n) is 0.749. The van der Waals surface area contributed by atoms with Crippen molar-refractivity contribution in [3.05, 3.63) is 53.4 Å². The van der Waals surface area contributed by atoms with Crippen LogP contribution < -0.4 is 0 Å². The largest absolute Gasteiger partial charge is 0.248 e. The molecule has 0 unspecified atom stereocenters. The molecule has 17 heavy (non-hydrogen) atoms. The second kappa shape index (κ2) is 7.89. The van der Waals surface area contributed by atoms with Crippen LogP contribution in [0.25, 0.3) is 0 Å². The quantitative estimate of drug-likeness (QED) is 0.341. The van der Waals surface area contributed by atoms with E-state index in [1.54, 1.807) is 24.5 Å². The third-order valence-corrected chi connectivity index (χ3v) is 4.11. The van der Waals surface area contributed by atoms with E-state index in [1.807, 2.05) is 6.07 Å². The SMILES string of the molecule is Clc1ccc(Br)nc1.Clc1cnc(Br)cc1I. The lowest BCUT2D eigenvalue weighted by Crippen LogP contribution is -1.77. The molecular formula is C10H5Br2Cl2IN2. The van der Waals surface area contributed by atoms with Gasteiger partial charge in [-0.1, -0.05) is 23.2 Å². The molecule has 2 nitrogen and oxygen atoms in total. The van der Waals surface area contributed by atoms with E-state index >= 15 is 0 Å². The van der Waals surface area contributed by atoms with Crippen LogP contribution in [0.5, 0.6) is 0 Å². The average Bonchev–Trinajstić information content (AvgIpc) is 2.29. The van der Waals surface area contributed by atoms with Crippen molar-refractivity contribution in [1.29, 1.82) is 0 Å². The summed E-state index contributed by atoms with van der Waals surface area (Å²) in [5.41, 5.74) is 0. The van der Waals surface area contributed by atoms with Gasteiger partial charge in [0.05, 0.1) is 10.0 Å². The van der Waals surface area contributed by atoms with Crippen molar-refractivity contribution in [2.24, 2.45) is 0 Å². The van der Waals surface area contributed by atoms with Gasteiger partial charge in [-0.05, 0) is 72.6 Å². The predicted molar refractivity (Wildman–Crippen MR) is 86.6 cm³/mol. The van der Waals surface area contributed by atoms with Crippen LogP contribution in [-0.2, 0) is 0 Å². The highest BCUT2D eigenvalue weighted by atomic mass is 127. The summed E-state index contributed by atoms with van der Waals surface area (Å²) < 4.78 is 2.63. The number of pyridine rings is 2. The van der Waals surface area contributed by atoms with Crippen LogP contribution in [0.2, 0.25) is 10.0 Å². The number of halogens is 5. The highest BCUT2D eigenvalue weighted by Crippen LogP contribution is 2.19. The van der Waals surface area contributed by atoms with Crippen LogP contribution in [0.3, 0.4) is 0 Å². The van der Waals surface area contributed by atoms with Gasteiger partial charge in [-0.3, -0.25) is 0 Å². The van der Waals surface area contributed by atoms with Crippen LogP contribution in [0, 0.1) is 3.57 Å². The van der Waals surface area contributed by atoms with Gasteiger partial charge < -0.3 is 0 Å². The second-order valence-electron chi connectivity index (χ2n) is 2.72. The van der Waals surface area contributed by atoms with Gasteiger partial charge in [0, 0.05) is 16.0 Å². The molecule has 2 heterocycles.